The van der Waals surface area contributed by atoms with Gasteiger partial charge in [-0.05, 0) is 107 Å². The largest absolute Gasteiger partial charge is 0.218 e. The zero-order valence-electron chi connectivity index (χ0n) is 40.1. The van der Waals surface area contributed by atoms with E-state index < -0.39 is 9.84 Å². The van der Waals surface area contributed by atoms with Gasteiger partial charge in [0.1, 0.15) is 0 Å². The van der Waals surface area contributed by atoms with Gasteiger partial charge in [0.15, 0.2) is 0 Å². The standard InChI is InChI=1S/C70H50O2S/c71-73(72)65-34-20-19-33-62(65)63-46-43-59(48-66(63)73)49-35-37-51(38-36-49)64-47-60(70(57-31-17-6-18-32-57)68(54-25-11-3-12-26-54)55-27-13-4-14-28-55)44-45-61(64)50-39-41-58(42-40-50)69(56-29-15-5-16-30-56)67(52-21-7-1-8-22-52)53-23-9-2-10-24-53/h1-48,68,70H. The second-order valence-electron chi connectivity index (χ2n) is 18.7. The minimum Gasteiger partial charge on any atom is -0.218 e. The van der Waals surface area contributed by atoms with Gasteiger partial charge < -0.3 is 0 Å². The molecule has 0 N–H and O–H groups in total. The van der Waals surface area contributed by atoms with Crippen LogP contribution in [0.15, 0.2) is 301 Å². The number of rotatable bonds is 12. The summed E-state index contributed by atoms with van der Waals surface area (Å²) in [6.45, 7) is 0. The Kier molecular flexibility index (Phi) is 12.2. The number of benzene rings is 11. The number of hydrogen-bond acceptors (Lipinski definition) is 2. The molecule has 0 fully saturated rings. The summed E-state index contributed by atoms with van der Waals surface area (Å²) >= 11 is 0. The highest BCUT2D eigenvalue weighted by atomic mass is 32.2. The van der Waals surface area contributed by atoms with Crippen LogP contribution >= 0.6 is 0 Å². The molecule has 0 aromatic heterocycles. The van der Waals surface area contributed by atoms with Crippen LogP contribution in [0.1, 0.15) is 56.3 Å². The second kappa shape index (κ2) is 19.7. The molecule has 11 aromatic carbocycles. The highest BCUT2D eigenvalue weighted by Gasteiger charge is 2.33. The number of hydrogen-bond donors (Lipinski definition) is 0. The molecule has 12 rings (SSSR count). The number of fused-ring (bicyclic) bond motifs is 3. The highest BCUT2D eigenvalue weighted by Crippen LogP contribution is 2.47. The van der Waals surface area contributed by atoms with E-state index >= 15 is 0 Å². The Labute approximate surface area is 428 Å². The summed E-state index contributed by atoms with van der Waals surface area (Å²) in [5.41, 5.74) is 19.6. The van der Waals surface area contributed by atoms with Gasteiger partial charge >= 0.3 is 0 Å². The van der Waals surface area contributed by atoms with Crippen LogP contribution in [0.2, 0.25) is 0 Å². The summed E-state index contributed by atoms with van der Waals surface area (Å²) in [5, 5.41) is 0. The average molecular weight is 955 g/mol. The van der Waals surface area contributed by atoms with E-state index in [4.69, 9.17) is 0 Å². The molecule has 348 valence electrons. The van der Waals surface area contributed by atoms with Crippen molar-refractivity contribution in [3.05, 3.63) is 336 Å². The molecule has 1 heterocycles. The van der Waals surface area contributed by atoms with E-state index in [9.17, 15) is 8.42 Å². The van der Waals surface area contributed by atoms with Crippen LogP contribution in [-0.4, -0.2) is 8.42 Å². The molecule has 73 heavy (non-hydrogen) atoms. The first-order chi connectivity index (χ1) is 36.0. The Morgan fingerprint density at radius 2 is 0.603 bits per heavy atom. The van der Waals surface area contributed by atoms with E-state index in [0.29, 0.717) is 9.79 Å². The van der Waals surface area contributed by atoms with E-state index in [-0.39, 0.29) is 11.8 Å². The predicted octanol–water partition coefficient (Wildman–Crippen LogP) is 17.5. The molecule has 0 bridgehead atoms. The SMILES string of the molecule is O=S1(=O)c2ccccc2-c2ccc(-c3ccc(-c4cc(C(c5ccccc5)C(c5ccccc5)c5ccccc5)ccc4-c4ccc(C(=C(c5ccccc5)c5ccccc5)c5ccccc5)cc4)cc3)cc21. The van der Waals surface area contributed by atoms with Gasteiger partial charge in [-0.3, -0.25) is 0 Å². The van der Waals surface area contributed by atoms with E-state index in [2.05, 4.69) is 249 Å². The summed E-state index contributed by atoms with van der Waals surface area (Å²) in [6, 6.07) is 103. The van der Waals surface area contributed by atoms with Crippen LogP contribution in [-0.2, 0) is 9.84 Å². The topological polar surface area (TPSA) is 34.1 Å². The van der Waals surface area contributed by atoms with Crippen LogP contribution in [0.3, 0.4) is 0 Å². The molecule has 1 aliphatic heterocycles. The Morgan fingerprint density at radius 3 is 1.11 bits per heavy atom. The molecular formula is C70H50O2S. The fraction of sp³-hybridized carbons (Fsp3) is 0.0286. The van der Waals surface area contributed by atoms with Gasteiger partial charge in [-0.25, -0.2) is 8.42 Å². The third-order valence-electron chi connectivity index (χ3n) is 14.4. The van der Waals surface area contributed by atoms with Gasteiger partial charge in [0.2, 0.25) is 9.84 Å². The van der Waals surface area contributed by atoms with Gasteiger partial charge in [0, 0.05) is 23.0 Å². The lowest BCUT2D eigenvalue weighted by atomic mass is 9.73. The lowest BCUT2D eigenvalue weighted by Gasteiger charge is -2.30. The van der Waals surface area contributed by atoms with E-state index in [1.807, 2.05) is 30.3 Å². The first-order valence-electron chi connectivity index (χ1n) is 24.9. The van der Waals surface area contributed by atoms with Crippen molar-refractivity contribution in [3.63, 3.8) is 0 Å². The van der Waals surface area contributed by atoms with Gasteiger partial charge in [-0.1, -0.05) is 273 Å². The minimum atomic E-state index is -3.63. The van der Waals surface area contributed by atoms with E-state index in [0.717, 1.165) is 72.3 Å². The molecule has 0 aliphatic carbocycles. The molecule has 3 heteroatoms. The van der Waals surface area contributed by atoms with Crippen LogP contribution in [0.4, 0.5) is 0 Å². The van der Waals surface area contributed by atoms with Crippen molar-refractivity contribution in [2.45, 2.75) is 21.6 Å². The average Bonchev–Trinajstić information content (AvgIpc) is 3.70. The molecular weight excluding hydrogens is 905 g/mol. The Balaban J connectivity index is 1.02. The zero-order chi connectivity index (χ0) is 49.1. The van der Waals surface area contributed by atoms with Crippen molar-refractivity contribution in [2.24, 2.45) is 0 Å². The lowest BCUT2D eigenvalue weighted by molar-refractivity contribution is 0.598. The summed E-state index contributed by atoms with van der Waals surface area (Å²) in [5.74, 6) is 0.00454. The van der Waals surface area contributed by atoms with E-state index in [1.165, 1.54) is 27.8 Å². The summed E-state index contributed by atoms with van der Waals surface area (Å²) in [4.78, 5) is 0.727. The third kappa shape index (κ3) is 8.75. The monoisotopic (exact) mass is 954 g/mol. The lowest BCUT2D eigenvalue weighted by Crippen LogP contribution is -2.15. The van der Waals surface area contributed by atoms with Crippen molar-refractivity contribution in [3.8, 4) is 44.5 Å². The molecule has 0 saturated heterocycles. The first kappa shape index (κ1) is 45.3. The molecule has 0 saturated carbocycles. The van der Waals surface area contributed by atoms with Gasteiger partial charge in [0.25, 0.3) is 0 Å². The Bertz CT molecular complexity index is 3770. The molecule has 2 nitrogen and oxygen atoms in total. The molecule has 11 aromatic rings. The van der Waals surface area contributed by atoms with Crippen LogP contribution in [0.5, 0.6) is 0 Å². The predicted molar refractivity (Wildman–Crippen MR) is 301 cm³/mol. The zero-order valence-corrected chi connectivity index (χ0v) is 40.9. The molecule has 1 atom stereocenters. The second-order valence-corrected chi connectivity index (χ2v) is 20.6. The minimum absolute atomic E-state index is 0.0223. The van der Waals surface area contributed by atoms with Crippen LogP contribution < -0.4 is 0 Å². The fourth-order valence-corrected chi connectivity index (χ4v) is 12.7. The Hall–Kier alpha value is -8.89. The van der Waals surface area contributed by atoms with Gasteiger partial charge in [-0.2, -0.15) is 0 Å². The molecule has 1 aliphatic rings. The molecule has 0 spiro atoms. The maximum atomic E-state index is 13.8. The summed E-state index contributed by atoms with van der Waals surface area (Å²) in [7, 11) is -3.63. The first-order valence-corrected chi connectivity index (χ1v) is 26.4. The normalized spacial score (nSPS) is 12.7. The highest BCUT2D eigenvalue weighted by molar-refractivity contribution is 7.92. The fourth-order valence-electron chi connectivity index (χ4n) is 11.0. The smallest absolute Gasteiger partial charge is 0.207 e. The number of sulfone groups is 1. The maximum absolute atomic E-state index is 13.8. The molecule has 0 radical (unpaired) electrons. The molecule has 1 unspecified atom stereocenters. The maximum Gasteiger partial charge on any atom is 0.207 e. The quantitative estimate of drug-likeness (QED) is 0.114. The Morgan fingerprint density at radius 1 is 0.247 bits per heavy atom. The molecule has 0 amide bonds. The van der Waals surface area contributed by atoms with Crippen molar-refractivity contribution in [1.29, 1.82) is 0 Å². The van der Waals surface area contributed by atoms with Crippen molar-refractivity contribution in [1.82, 2.24) is 0 Å². The third-order valence-corrected chi connectivity index (χ3v) is 16.3. The van der Waals surface area contributed by atoms with Crippen molar-refractivity contribution in [2.75, 3.05) is 0 Å². The van der Waals surface area contributed by atoms with E-state index in [1.54, 1.807) is 12.1 Å². The van der Waals surface area contributed by atoms with Crippen molar-refractivity contribution < 1.29 is 8.42 Å². The summed E-state index contributed by atoms with van der Waals surface area (Å²) < 4.78 is 27.6. The summed E-state index contributed by atoms with van der Waals surface area (Å²) in [6.07, 6.45) is 0. The van der Waals surface area contributed by atoms with Crippen LogP contribution in [0.25, 0.3) is 55.7 Å². The van der Waals surface area contributed by atoms with Crippen molar-refractivity contribution >= 4 is 21.0 Å². The van der Waals surface area contributed by atoms with Crippen LogP contribution in [0, 0.1) is 0 Å². The van der Waals surface area contributed by atoms with Gasteiger partial charge in [-0.15, -0.1) is 0 Å². The van der Waals surface area contributed by atoms with Gasteiger partial charge in [0.05, 0.1) is 9.79 Å².